The summed E-state index contributed by atoms with van der Waals surface area (Å²) in [5.74, 6) is -1.05. The number of hydrogen-bond acceptors (Lipinski definition) is 8. The highest BCUT2D eigenvalue weighted by Crippen LogP contribution is 2.46. The van der Waals surface area contributed by atoms with Crippen molar-refractivity contribution >= 4 is 20.5 Å². The Morgan fingerprint density at radius 3 is 1.79 bits per heavy atom. The van der Waals surface area contributed by atoms with Crippen LogP contribution in [0.4, 0.5) is 0 Å². The molecule has 1 fully saturated rings. The fourth-order valence-corrected chi connectivity index (χ4v) is 4.35. The second kappa shape index (κ2) is 12.7. The van der Waals surface area contributed by atoms with E-state index < -0.39 is 45.1 Å². The van der Waals surface area contributed by atoms with Crippen LogP contribution in [-0.2, 0) is 50.6 Å². The highest BCUT2D eigenvalue weighted by atomic mass is 31.2. The molecule has 1 aliphatic rings. The maximum Gasteiger partial charge on any atom is 0.335 e. The van der Waals surface area contributed by atoms with Crippen LogP contribution in [0.25, 0.3) is 0 Å². The first-order chi connectivity index (χ1) is 16.3. The summed E-state index contributed by atoms with van der Waals surface area (Å²) in [6.07, 6.45) is -3.45. The van der Waals surface area contributed by atoms with E-state index in [4.69, 9.17) is 27.8 Å². The lowest BCUT2D eigenvalue weighted by Gasteiger charge is -2.40. The zero-order valence-corrected chi connectivity index (χ0v) is 20.3. The Balaban J connectivity index is 1.75. The molecule has 2 aromatic rings. The van der Waals surface area contributed by atoms with Gasteiger partial charge in [-0.3, -0.25) is 14.1 Å². The third kappa shape index (κ3) is 7.72. The SMILES string of the molecule is C=C1[C@@H](OC(C)=O)C(OP(OCc2ccccc2)OCc2ccccc2)O[C@H](C)[C@H]1OC(C)=O. The van der Waals surface area contributed by atoms with Gasteiger partial charge in [0.15, 0.2) is 12.2 Å². The Morgan fingerprint density at radius 2 is 1.32 bits per heavy atom. The van der Waals surface area contributed by atoms with E-state index in [0.717, 1.165) is 11.1 Å². The van der Waals surface area contributed by atoms with Gasteiger partial charge >= 0.3 is 20.5 Å². The summed E-state index contributed by atoms with van der Waals surface area (Å²) in [5, 5.41) is 0. The van der Waals surface area contributed by atoms with E-state index in [0.29, 0.717) is 5.57 Å². The fraction of sp³-hybridized carbons (Fsp3) is 0.360. The Labute approximate surface area is 200 Å². The highest BCUT2D eigenvalue weighted by molar-refractivity contribution is 7.41. The van der Waals surface area contributed by atoms with Gasteiger partial charge in [-0.05, 0) is 18.1 Å². The first-order valence-electron chi connectivity index (χ1n) is 10.8. The van der Waals surface area contributed by atoms with Crippen LogP contribution < -0.4 is 0 Å². The van der Waals surface area contributed by atoms with Crippen LogP contribution in [0.3, 0.4) is 0 Å². The third-order valence-corrected chi connectivity index (χ3v) is 5.95. The molecular formula is C25H29O8P. The summed E-state index contributed by atoms with van der Waals surface area (Å²) in [5.41, 5.74) is 2.24. The Kier molecular flexibility index (Phi) is 9.74. The zero-order chi connectivity index (χ0) is 24.5. The minimum atomic E-state index is -1.92. The van der Waals surface area contributed by atoms with Crippen molar-refractivity contribution in [3.63, 3.8) is 0 Å². The van der Waals surface area contributed by atoms with E-state index in [1.165, 1.54) is 13.8 Å². The second-order valence-electron chi connectivity index (χ2n) is 7.69. The van der Waals surface area contributed by atoms with Crippen molar-refractivity contribution < 1.29 is 37.4 Å². The van der Waals surface area contributed by atoms with Crippen LogP contribution in [-0.4, -0.2) is 36.5 Å². The van der Waals surface area contributed by atoms with Crippen molar-refractivity contribution in [1.29, 1.82) is 0 Å². The minimum Gasteiger partial charge on any atom is -0.455 e. The summed E-state index contributed by atoms with van der Waals surface area (Å²) in [6, 6.07) is 19.2. The molecule has 8 nitrogen and oxygen atoms in total. The molecule has 4 atom stereocenters. The van der Waals surface area contributed by atoms with Crippen molar-refractivity contribution in [2.24, 2.45) is 0 Å². The van der Waals surface area contributed by atoms with Crippen LogP contribution in [0.15, 0.2) is 72.8 Å². The molecule has 34 heavy (non-hydrogen) atoms. The Bertz CT molecular complexity index is 908. The van der Waals surface area contributed by atoms with Crippen LogP contribution in [0.5, 0.6) is 0 Å². The number of ether oxygens (including phenoxy) is 3. The lowest BCUT2D eigenvalue weighted by Crippen LogP contribution is -2.51. The van der Waals surface area contributed by atoms with Gasteiger partial charge in [-0.2, -0.15) is 0 Å². The fourth-order valence-electron chi connectivity index (χ4n) is 3.32. The smallest absolute Gasteiger partial charge is 0.335 e. The predicted octanol–water partition coefficient (Wildman–Crippen LogP) is 4.83. The number of carbonyl (C=O) groups is 2. The maximum absolute atomic E-state index is 11.8. The molecule has 0 N–H and O–H groups in total. The second-order valence-corrected chi connectivity index (χ2v) is 8.87. The van der Waals surface area contributed by atoms with E-state index >= 15 is 0 Å². The predicted molar refractivity (Wildman–Crippen MR) is 125 cm³/mol. The number of esters is 2. The van der Waals surface area contributed by atoms with Crippen LogP contribution in [0.2, 0.25) is 0 Å². The molecule has 182 valence electrons. The number of carbonyl (C=O) groups excluding carboxylic acids is 2. The first-order valence-corrected chi connectivity index (χ1v) is 11.9. The quantitative estimate of drug-likeness (QED) is 0.267. The standard InChI is InChI=1S/C25H29O8P/c1-17-23(31-19(3)26)18(2)30-25(24(17)32-20(4)27)33-34(28-15-21-11-7-5-8-12-21)29-16-22-13-9-6-10-14-22/h5-14,18,23-25H,1,15-16H2,2-4H3/t18-,23+,24-,25?/m1/s1. The summed E-state index contributed by atoms with van der Waals surface area (Å²) in [6.45, 7) is 8.76. The Hall–Kier alpha value is -2.61. The van der Waals surface area contributed by atoms with Crippen molar-refractivity contribution in [1.82, 2.24) is 0 Å². The van der Waals surface area contributed by atoms with Crippen molar-refractivity contribution in [3.8, 4) is 0 Å². The molecule has 1 heterocycles. The third-order valence-electron chi connectivity index (χ3n) is 4.89. The summed E-state index contributed by atoms with van der Waals surface area (Å²) >= 11 is 0. The molecule has 0 saturated carbocycles. The molecular weight excluding hydrogens is 459 g/mol. The molecule has 9 heteroatoms. The number of benzene rings is 2. The highest BCUT2D eigenvalue weighted by Gasteiger charge is 2.45. The van der Waals surface area contributed by atoms with Crippen molar-refractivity contribution in [3.05, 3.63) is 83.9 Å². The molecule has 0 radical (unpaired) electrons. The molecule has 1 aliphatic heterocycles. The summed E-state index contributed by atoms with van der Waals surface area (Å²) in [4.78, 5) is 23.3. The zero-order valence-electron chi connectivity index (χ0n) is 19.4. The van der Waals surface area contributed by atoms with Crippen molar-refractivity contribution in [2.45, 2.75) is 58.6 Å². The average molecular weight is 488 g/mol. The van der Waals surface area contributed by atoms with E-state index in [2.05, 4.69) is 6.58 Å². The van der Waals surface area contributed by atoms with E-state index in [1.54, 1.807) is 6.92 Å². The lowest BCUT2D eigenvalue weighted by molar-refractivity contribution is -0.224. The molecule has 1 saturated heterocycles. The van der Waals surface area contributed by atoms with E-state index in [9.17, 15) is 9.59 Å². The largest absolute Gasteiger partial charge is 0.455 e. The van der Waals surface area contributed by atoms with Gasteiger partial charge in [0.2, 0.25) is 6.29 Å². The number of rotatable bonds is 10. The van der Waals surface area contributed by atoms with Gasteiger partial charge < -0.3 is 23.3 Å². The van der Waals surface area contributed by atoms with Gasteiger partial charge in [-0.15, -0.1) is 0 Å². The van der Waals surface area contributed by atoms with E-state index in [1.807, 2.05) is 60.7 Å². The van der Waals surface area contributed by atoms with Gasteiger partial charge in [-0.25, -0.2) is 0 Å². The van der Waals surface area contributed by atoms with Gasteiger partial charge in [0.05, 0.1) is 19.3 Å². The molecule has 0 spiro atoms. The van der Waals surface area contributed by atoms with Gasteiger partial charge in [0.25, 0.3) is 0 Å². The van der Waals surface area contributed by atoms with Crippen LogP contribution in [0.1, 0.15) is 31.9 Å². The average Bonchev–Trinajstić information content (AvgIpc) is 2.82. The lowest BCUT2D eigenvalue weighted by atomic mass is 9.97. The summed E-state index contributed by atoms with van der Waals surface area (Å²) < 4.78 is 34.7. The topological polar surface area (TPSA) is 89.5 Å². The van der Waals surface area contributed by atoms with Gasteiger partial charge in [0, 0.05) is 19.4 Å². The van der Waals surface area contributed by atoms with Crippen molar-refractivity contribution in [2.75, 3.05) is 0 Å². The molecule has 0 aliphatic carbocycles. The Morgan fingerprint density at radius 1 is 0.853 bits per heavy atom. The van der Waals surface area contributed by atoms with Gasteiger partial charge in [0.1, 0.15) is 0 Å². The van der Waals surface area contributed by atoms with Crippen LogP contribution >= 0.6 is 8.60 Å². The van der Waals surface area contributed by atoms with E-state index in [-0.39, 0.29) is 13.2 Å². The maximum atomic E-state index is 11.8. The molecule has 2 aromatic carbocycles. The monoisotopic (exact) mass is 488 g/mol. The number of hydrogen-bond donors (Lipinski definition) is 0. The molecule has 0 amide bonds. The minimum absolute atomic E-state index is 0.249. The first kappa shape index (κ1) is 26.0. The van der Waals surface area contributed by atoms with Crippen LogP contribution in [0, 0.1) is 0 Å². The molecule has 1 unspecified atom stereocenters. The van der Waals surface area contributed by atoms with Gasteiger partial charge in [-0.1, -0.05) is 67.2 Å². The summed E-state index contributed by atoms with van der Waals surface area (Å²) in [7, 11) is -1.92. The molecule has 0 bridgehead atoms. The molecule has 3 rings (SSSR count). The normalized spacial score (nSPS) is 22.4. The molecule has 0 aromatic heterocycles.